The second-order valence-corrected chi connectivity index (χ2v) is 6.52. The molecular weight excluding hydrogens is 276 g/mol. The first kappa shape index (κ1) is 15.1. The highest BCUT2D eigenvalue weighted by molar-refractivity contribution is 6.31. The summed E-state index contributed by atoms with van der Waals surface area (Å²) >= 11 is 6.18. The monoisotopic (exact) mass is 296 g/mol. The minimum atomic E-state index is -0.446. The van der Waals surface area contributed by atoms with Crippen LogP contribution in [0, 0.1) is 0 Å². The molecular formula is C15H21ClN2O2. The van der Waals surface area contributed by atoms with Crippen molar-refractivity contribution in [1.29, 1.82) is 0 Å². The van der Waals surface area contributed by atoms with Crippen LogP contribution in [0.15, 0.2) is 18.3 Å². The number of hydrogen-bond acceptors (Lipinski definition) is 3. The van der Waals surface area contributed by atoms with Crippen molar-refractivity contribution in [3.05, 3.63) is 29.0 Å². The lowest BCUT2D eigenvalue weighted by molar-refractivity contribution is 0.0204. The summed E-state index contributed by atoms with van der Waals surface area (Å²) in [5.74, 6) is 0.322. The molecule has 20 heavy (non-hydrogen) atoms. The van der Waals surface area contributed by atoms with Crippen LogP contribution in [-0.4, -0.2) is 34.7 Å². The van der Waals surface area contributed by atoms with Crippen LogP contribution in [-0.2, 0) is 4.74 Å². The van der Waals surface area contributed by atoms with Gasteiger partial charge in [0.1, 0.15) is 5.60 Å². The van der Waals surface area contributed by atoms with Crippen molar-refractivity contribution >= 4 is 17.7 Å². The lowest BCUT2D eigenvalue weighted by Crippen LogP contribution is -2.41. The number of likely N-dealkylation sites (tertiary alicyclic amines) is 1. The Kier molecular flexibility index (Phi) is 4.53. The Morgan fingerprint density at radius 1 is 1.40 bits per heavy atom. The van der Waals surface area contributed by atoms with Crippen molar-refractivity contribution in [1.82, 2.24) is 9.88 Å². The van der Waals surface area contributed by atoms with Crippen LogP contribution in [0.2, 0.25) is 5.02 Å². The van der Waals surface area contributed by atoms with E-state index < -0.39 is 5.60 Å². The van der Waals surface area contributed by atoms with Crippen LogP contribution in [0.25, 0.3) is 0 Å². The predicted octanol–water partition coefficient (Wildman–Crippen LogP) is 3.85. The zero-order chi connectivity index (χ0) is 14.8. The third kappa shape index (κ3) is 3.85. The van der Waals surface area contributed by atoms with E-state index in [0.29, 0.717) is 24.0 Å². The molecule has 0 saturated carbocycles. The van der Waals surface area contributed by atoms with Gasteiger partial charge in [-0.05, 0) is 45.7 Å². The number of amides is 1. The van der Waals surface area contributed by atoms with Crippen LogP contribution in [0.4, 0.5) is 4.79 Å². The van der Waals surface area contributed by atoms with Gasteiger partial charge in [0, 0.05) is 25.2 Å². The number of ether oxygens (including phenoxy) is 1. The summed E-state index contributed by atoms with van der Waals surface area (Å²) in [5, 5.41) is 0.711. The largest absolute Gasteiger partial charge is 0.444 e. The van der Waals surface area contributed by atoms with Crippen molar-refractivity contribution in [3.8, 4) is 0 Å². The van der Waals surface area contributed by atoms with E-state index >= 15 is 0 Å². The van der Waals surface area contributed by atoms with E-state index in [4.69, 9.17) is 16.3 Å². The fourth-order valence-corrected chi connectivity index (χ4v) is 2.64. The Bertz CT molecular complexity index is 477. The third-order valence-electron chi connectivity index (χ3n) is 3.32. The molecule has 0 aromatic carbocycles. The normalized spacial score (nSPS) is 17.1. The van der Waals surface area contributed by atoms with Gasteiger partial charge >= 0.3 is 6.09 Å². The highest BCUT2D eigenvalue weighted by Gasteiger charge is 2.28. The topological polar surface area (TPSA) is 42.4 Å². The molecule has 1 aliphatic rings. The highest BCUT2D eigenvalue weighted by atomic mass is 35.5. The van der Waals surface area contributed by atoms with E-state index in [2.05, 4.69) is 4.98 Å². The molecule has 1 aliphatic heterocycles. The number of hydrogen-bond donors (Lipinski definition) is 0. The number of carbonyl (C=O) groups is 1. The second kappa shape index (κ2) is 6.00. The summed E-state index contributed by atoms with van der Waals surface area (Å²) in [7, 11) is 0. The molecule has 1 saturated heterocycles. The molecule has 2 rings (SSSR count). The number of halogens is 1. The van der Waals surface area contributed by atoms with E-state index in [1.54, 1.807) is 11.1 Å². The zero-order valence-corrected chi connectivity index (χ0v) is 13.0. The van der Waals surface area contributed by atoms with Crippen LogP contribution >= 0.6 is 11.6 Å². The molecule has 0 spiro atoms. The maximum absolute atomic E-state index is 12.0. The van der Waals surface area contributed by atoms with Crippen molar-refractivity contribution in [2.45, 2.75) is 45.1 Å². The quantitative estimate of drug-likeness (QED) is 0.790. The lowest BCUT2D eigenvalue weighted by Gasteiger charge is -2.33. The molecule has 110 valence electrons. The molecule has 0 atom stereocenters. The van der Waals surface area contributed by atoms with Gasteiger partial charge in [-0.2, -0.15) is 0 Å². The SMILES string of the molecule is CC(C)(C)OC(=O)N1CCC(c2ncccc2Cl)CC1. The fraction of sp³-hybridized carbons (Fsp3) is 0.600. The minimum absolute atomic E-state index is 0.233. The zero-order valence-electron chi connectivity index (χ0n) is 12.2. The van der Waals surface area contributed by atoms with Crippen molar-refractivity contribution in [2.24, 2.45) is 0 Å². The summed E-state index contributed by atoms with van der Waals surface area (Å²) in [6, 6.07) is 3.70. The molecule has 1 amide bonds. The van der Waals surface area contributed by atoms with Gasteiger partial charge in [0.15, 0.2) is 0 Å². The Morgan fingerprint density at radius 3 is 2.60 bits per heavy atom. The molecule has 1 aromatic rings. The molecule has 2 heterocycles. The standard InChI is InChI=1S/C15H21ClN2O2/c1-15(2,3)20-14(19)18-9-6-11(7-10-18)13-12(16)5-4-8-17-13/h4-5,8,11H,6-7,9-10H2,1-3H3. The first-order valence-corrected chi connectivity index (χ1v) is 7.33. The van der Waals surface area contributed by atoms with Gasteiger partial charge < -0.3 is 9.64 Å². The number of carbonyl (C=O) groups excluding carboxylic acids is 1. The maximum atomic E-state index is 12.0. The van der Waals surface area contributed by atoms with E-state index in [9.17, 15) is 4.79 Å². The first-order chi connectivity index (χ1) is 9.37. The summed E-state index contributed by atoms with van der Waals surface area (Å²) < 4.78 is 5.39. The van der Waals surface area contributed by atoms with Gasteiger partial charge in [0.2, 0.25) is 0 Å². The number of aromatic nitrogens is 1. The molecule has 0 aliphatic carbocycles. The van der Waals surface area contributed by atoms with Gasteiger partial charge in [-0.15, -0.1) is 0 Å². The van der Waals surface area contributed by atoms with E-state index in [1.807, 2.05) is 32.9 Å². The molecule has 0 radical (unpaired) electrons. The molecule has 1 aromatic heterocycles. The maximum Gasteiger partial charge on any atom is 0.410 e. The van der Waals surface area contributed by atoms with Gasteiger partial charge in [-0.1, -0.05) is 11.6 Å². The van der Waals surface area contributed by atoms with Crippen LogP contribution < -0.4 is 0 Å². The average molecular weight is 297 g/mol. The number of pyridine rings is 1. The van der Waals surface area contributed by atoms with Gasteiger partial charge in [0.25, 0.3) is 0 Å². The molecule has 1 fully saturated rings. The second-order valence-electron chi connectivity index (χ2n) is 6.11. The highest BCUT2D eigenvalue weighted by Crippen LogP contribution is 2.31. The third-order valence-corrected chi connectivity index (χ3v) is 3.64. The minimum Gasteiger partial charge on any atom is -0.444 e. The Hall–Kier alpha value is -1.29. The Labute approximate surface area is 125 Å². The fourth-order valence-electron chi connectivity index (χ4n) is 2.36. The van der Waals surface area contributed by atoms with Gasteiger partial charge in [-0.3, -0.25) is 4.98 Å². The Morgan fingerprint density at radius 2 is 2.05 bits per heavy atom. The lowest BCUT2D eigenvalue weighted by atomic mass is 9.93. The predicted molar refractivity (Wildman–Crippen MR) is 79.0 cm³/mol. The molecule has 0 unspecified atom stereocenters. The van der Waals surface area contributed by atoms with Crippen LogP contribution in [0.5, 0.6) is 0 Å². The first-order valence-electron chi connectivity index (χ1n) is 6.95. The van der Waals surface area contributed by atoms with Crippen molar-refractivity contribution in [2.75, 3.05) is 13.1 Å². The number of piperidine rings is 1. The summed E-state index contributed by atoms with van der Waals surface area (Å²) in [4.78, 5) is 18.1. The van der Waals surface area contributed by atoms with Crippen molar-refractivity contribution < 1.29 is 9.53 Å². The summed E-state index contributed by atoms with van der Waals surface area (Å²) in [6.45, 7) is 7.01. The van der Waals surface area contributed by atoms with Crippen LogP contribution in [0.3, 0.4) is 0 Å². The van der Waals surface area contributed by atoms with Gasteiger partial charge in [0.05, 0.1) is 10.7 Å². The molecule has 5 heteroatoms. The average Bonchev–Trinajstić information content (AvgIpc) is 2.37. The smallest absolute Gasteiger partial charge is 0.410 e. The van der Waals surface area contributed by atoms with Gasteiger partial charge in [-0.25, -0.2) is 4.79 Å². The molecule has 0 N–H and O–H groups in total. The number of rotatable bonds is 1. The number of nitrogens with zero attached hydrogens (tertiary/aromatic N) is 2. The Balaban J connectivity index is 1.93. The summed E-state index contributed by atoms with van der Waals surface area (Å²) in [6.07, 6.45) is 3.27. The van der Waals surface area contributed by atoms with Crippen LogP contribution in [0.1, 0.15) is 45.2 Å². The summed E-state index contributed by atoms with van der Waals surface area (Å²) in [5.41, 5.74) is 0.496. The van der Waals surface area contributed by atoms with E-state index in [0.717, 1.165) is 18.5 Å². The molecule has 0 bridgehead atoms. The van der Waals surface area contributed by atoms with Crippen molar-refractivity contribution in [3.63, 3.8) is 0 Å². The van der Waals surface area contributed by atoms with E-state index in [1.165, 1.54) is 0 Å². The molecule has 4 nitrogen and oxygen atoms in total. The van der Waals surface area contributed by atoms with E-state index in [-0.39, 0.29) is 6.09 Å².